The van der Waals surface area contributed by atoms with E-state index in [0.717, 1.165) is 6.42 Å². The molecule has 2 aliphatic rings. The van der Waals surface area contributed by atoms with Gasteiger partial charge in [-0.3, -0.25) is 0 Å². The van der Waals surface area contributed by atoms with Crippen LogP contribution in [0.1, 0.15) is 44.2 Å². The van der Waals surface area contributed by atoms with E-state index in [0.29, 0.717) is 5.92 Å². The van der Waals surface area contributed by atoms with Crippen molar-refractivity contribution < 1.29 is 0 Å². The van der Waals surface area contributed by atoms with Crippen LogP contribution in [0.5, 0.6) is 0 Å². The summed E-state index contributed by atoms with van der Waals surface area (Å²) in [6.45, 7) is 4.36. The number of benzene rings is 2. The summed E-state index contributed by atoms with van der Waals surface area (Å²) in [7, 11) is 0. The van der Waals surface area contributed by atoms with Gasteiger partial charge in [-0.2, -0.15) is 0 Å². The van der Waals surface area contributed by atoms with Gasteiger partial charge in [0.25, 0.3) is 0 Å². The van der Waals surface area contributed by atoms with Crippen molar-refractivity contribution in [3.63, 3.8) is 0 Å². The van der Waals surface area contributed by atoms with Crippen molar-refractivity contribution in [2.75, 3.05) is 0 Å². The van der Waals surface area contributed by atoms with E-state index in [1.807, 2.05) is 0 Å². The molecule has 0 fully saturated rings. The molecule has 0 saturated heterocycles. The Balaban J connectivity index is 2.00. The Labute approximate surface area is 138 Å². The maximum atomic E-state index is 6.07. The third kappa shape index (κ3) is 2.53. The van der Waals surface area contributed by atoms with Gasteiger partial charge in [0, 0.05) is 6.04 Å². The molecule has 2 atom stereocenters. The molecule has 0 aromatic heterocycles. The minimum absolute atomic E-state index is 0.201. The Morgan fingerprint density at radius 3 is 2.70 bits per heavy atom. The van der Waals surface area contributed by atoms with Crippen LogP contribution in [0.3, 0.4) is 0 Å². The first-order valence-electron chi connectivity index (χ1n) is 8.87. The molecule has 0 amide bonds. The zero-order valence-electron chi connectivity index (χ0n) is 14.1. The van der Waals surface area contributed by atoms with E-state index in [1.54, 1.807) is 0 Å². The number of nitrogens with two attached hydrogens (primary N) is 1. The lowest BCUT2D eigenvalue weighted by atomic mass is 9.85. The van der Waals surface area contributed by atoms with Gasteiger partial charge in [0.1, 0.15) is 0 Å². The minimum atomic E-state index is 0.201. The normalized spacial score (nSPS) is 20.8. The highest BCUT2D eigenvalue weighted by atomic mass is 14.6. The minimum Gasteiger partial charge on any atom is -0.328 e. The molecule has 1 heteroatoms. The summed E-state index contributed by atoms with van der Waals surface area (Å²) in [6.07, 6.45) is 11.9. The Kier molecular flexibility index (Phi) is 3.61. The maximum Gasteiger partial charge on any atom is 0.00510 e. The number of fused-ring (bicyclic) bond motifs is 5. The topological polar surface area (TPSA) is 26.0 Å². The van der Waals surface area contributed by atoms with Crippen molar-refractivity contribution in [3.05, 3.63) is 51.9 Å². The fourth-order valence-corrected chi connectivity index (χ4v) is 4.20. The van der Waals surface area contributed by atoms with E-state index in [-0.39, 0.29) is 6.04 Å². The van der Waals surface area contributed by atoms with Crippen LogP contribution >= 0.6 is 0 Å². The molecule has 2 unspecified atom stereocenters. The van der Waals surface area contributed by atoms with Gasteiger partial charge in [0.2, 0.25) is 0 Å². The molecule has 0 saturated carbocycles. The fraction of sp³-hybridized carbons (Fsp3) is 0.364. The second kappa shape index (κ2) is 5.65. The Hall–Kier alpha value is -1.86. The Morgan fingerprint density at radius 2 is 1.87 bits per heavy atom. The van der Waals surface area contributed by atoms with Crippen LogP contribution in [-0.2, 0) is 6.42 Å². The predicted octanol–water partition coefficient (Wildman–Crippen LogP) is 3.51. The van der Waals surface area contributed by atoms with Crippen LogP contribution in [0.4, 0.5) is 0 Å². The summed E-state index contributed by atoms with van der Waals surface area (Å²) >= 11 is 0. The smallest absolute Gasteiger partial charge is 0.00510 e. The molecule has 2 aliphatic carbocycles. The number of hydrogen-bond acceptors (Lipinski definition) is 1. The monoisotopic (exact) mass is 303 g/mol. The van der Waals surface area contributed by atoms with Crippen LogP contribution in [0, 0.1) is 5.92 Å². The SMILES string of the molecule is CC1C=C(CC(C)N)c2ccc3c4c(ccc3c2=C1)CCCC=4. The number of aryl methyl sites for hydroxylation is 1. The summed E-state index contributed by atoms with van der Waals surface area (Å²) < 4.78 is 0. The second-order valence-electron chi connectivity index (χ2n) is 7.26. The van der Waals surface area contributed by atoms with Gasteiger partial charge in [-0.15, -0.1) is 0 Å². The quantitative estimate of drug-likeness (QED) is 0.903. The Bertz CT molecular complexity index is 915. The summed E-state index contributed by atoms with van der Waals surface area (Å²) in [5.41, 5.74) is 10.4. The molecule has 1 nitrogen and oxygen atoms in total. The van der Waals surface area contributed by atoms with E-state index >= 15 is 0 Å². The number of allylic oxidation sites excluding steroid dienone is 1. The van der Waals surface area contributed by atoms with E-state index < -0.39 is 0 Å². The first-order valence-corrected chi connectivity index (χ1v) is 8.87. The van der Waals surface area contributed by atoms with Crippen molar-refractivity contribution in [3.8, 4) is 0 Å². The summed E-state index contributed by atoms with van der Waals surface area (Å²) in [6, 6.07) is 9.52. The molecule has 0 spiro atoms. The van der Waals surface area contributed by atoms with Gasteiger partial charge in [-0.25, -0.2) is 0 Å². The van der Waals surface area contributed by atoms with Crippen molar-refractivity contribution in [2.45, 2.75) is 45.6 Å². The molecule has 0 heterocycles. The van der Waals surface area contributed by atoms with Crippen molar-refractivity contribution >= 4 is 28.5 Å². The lowest BCUT2D eigenvalue weighted by Crippen LogP contribution is -2.23. The highest BCUT2D eigenvalue weighted by molar-refractivity contribution is 5.90. The van der Waals surface area contributed by atoms with Crippen LogP contribution in [0.15, 0.2) is 30.3 Å². The van der Waals surface area contributed by atoms with Gasteiger partial charge in [-0.05, 0) is 76.4 Å². The summed E-state index contributed by atoms with van der Waals surface area (Å²) in [4.78, 5) is 0. The fourth-order valence-electron chi connectivity index (χ4n) is 4.20. The lowest BCUT2D eigenvalue weighted by Gasteiger charge is -2.20. The van der Waals surface area contributed by atoms with Crippen LogP contribution in [0.25, 0.3) is 28.5 Å². The van der Waals surface area contributed by atoms with E-state index in [9.17, 15) is 0 Å². The summed E-state index contributed by atoms with van der Waals surface area (Å²) in [5.74, 6) is 0.474. The zero-order chi connectivity index (χ0) is 16.0. The second-order valence-corrected chi connectivity index (χ2v) is 7.26. The first-order chi connectivity index (χ1) is 11.1. The summed E-state index contributed by atoms with van der Waals surface area (Å²) in [5, 5.41) is 5.71. The highest BCUT2D eigenvalue weighted by Gasteiger charge is 2.15. The van der Waals surface area contributed by atoms with Crippen LogP contribution < -0.4 is 16.2 Å². The molecular formula is C22H25N. The molecule has 2 N–H and O–H groups in total. The lowest BCUT2D eigenvalue weighted by molar-refractivity contribution is 0.762. The van der Waals surface area contributed by atoms with Crippen molar-refractivity contribution in [1.82, 2.24) is 0 Å². The molecule has 2 aromatic rings. The van der Waals surface area contributed by atoms with Gasteiger partial charge in [0.05, 0.1) is 0 Å². The molecular weight excluding hydrogens is 278 g/mol. The first kappa shape index (κ1) is 14.7. The maximum absolute atomic E-state index is 6.07. The van der Waals surface area contributed by atoms with Crippen LogP contribution in [0.2, 0.25) is 0 Å². The van der Waals surface area contributed by atoms with E-state index in [2.05, 4.69) is 56.3 Å². The van der Waals surface area contributed by atoms with Crippen molar-refractivity contribution in [1.29, 1.82) is 0 Å². The molecule has 0 bridgehead atoms. The standard InChI is InChI=1S/C22H25N/c1-14-11-17(13-15(2)23)19-9-10-20-18-6-4-3-5-16(18)7-8-21(20)22(19)12-14/h6-12,14-15H,3-5,13,23H2,1-2H3. The average molecular weight is 303 g/mol. The third-order valence-electron chi connectivity index (χ3n) is 5.15. The van der Waals surface area contributed by atoms with Crippen molar-refractivity contribution in [2.24, 2.45) is 11.7 Å². The van der Waals surface area contributed by atoms with Crippen LogP contribution in [-0.4, -0.2) is 6.04 Å². The van der Waals surface area contributed by atoms with E-state index in [1.165, 1.54) is 57.2 Å². The Morgan fingerprint density at radius 1 is 1.09 bits per heavy atom. The molecule has 118 valence electrons. The zero-order valence-corrected chi connectivity index (χ0v) is 14.1. The number of rotatable bonds is 2. The van der Waals surface area contributed by atoms with Gasteiger partial charge in [0.15, 0.2) is 0 Å². The average Bonchev–Trinajstić information content (AvgIpc) is 2.53. The highest BCUT2D eigenvalue weighted by Crippen LogP contribution is 2.26. The largest absolute Gasteiger partial charge is 0.328 e. The molecule has 0 radical (unpaired) electrons. The predicted molar refractivity (Wildman–Crippen MR) is 100 cm³/mol. The number of hydrogen-bond donors (Lipinski definition) is 1. The molecule has 4 rings (SSSR count). The molecule has 0 aliphatic heterocycles. The molecule has 2 aromatic carbocycles. The van der Waals surface area contributed by atoms with Gasteiger partial charge >= 0.3 is 0 Å². The van der Waals surface area contributed by atoms with Gasteiger partial charge in [-0.1, -0.05) is 49.4 Å². The van der Waals surface area contributed by atoms with Gasteiger partial charge < -0.3 is 5.73 Å². The third-order valence-corrected chi connectivity index (χ3v) is 5.15. The van der Waals surface area contributed by atoms with E-state index in [4.69, 9.17) is 5.73 Å². The molecule has 23 heavy (non-hydrogen) atoms.